The van der Waals surface area contributed by atoms with Gasteiger partial charge in [0.1, 0.15) is 0 Å². The molecule has 0 saturated heterocycles. The molecule has 1 aromatic carbocycles. The van der Waals surface area contributed by atoms with Gasteiger partial charge in [0.05, 0.1) is 11.1 Å². The van der Waals surface area contributed by atoms with Crippen molar-refractivity contribution < 1.29 is 4.79 Å². The van der Waals surface area contributed by atoms with Gasteiger partial charge in [-0.2, -0.15) is 5.10 Å². The van der Waals surface area contributed by atoms with Gasteiger partial charge in [-0.25, -0.2) is 0 Å². The number of carbonyl (C=O) groups is 1. The first kappa shape index (κ1) is 17.9. The van der Waals surface area contributed by atoms with Crippen molar-refractivity contribution in [2.24, 2.45) is 5.73 Å². The molecule has 3 aromatic rings. The summed E-state index contributed by atoms with van der Waals surface area (Å²) < 4.78 is 0. The number of H-pyrrole nitrogens is 1. The average molecular weight is 395 g/mol. The van der Waals surface area contributed by atoms with E-state index < -0.39 is 0 Å². The van der Waals surface area contributed by atoms with Gasteiger partial charge in [0.15, 0.2) is 0 Å². The quantitative estimate of drug-likeness (QED) is 0.595. The second kappa shape index (κ2) is 8.01. The lowest BCUT2D eigenvalue weighted by molar-refractivity contribution is 0.0942. The molecule has 5 nitrogen and oxygen atoms in total. The number of nitrogens with one attached hydrogen (secondary N) is 2. The molecule has 0 saturated carbocycles. The summed E-state index contributed by atoms with van der Waals surface area (Å²) in [7, 11) is 0. The van der Waals surface area contributed by atoms with E-state index in [1.807, 2.05) is 12.1 Å². The van der Waals surface area contributed by atoms with E-state index in [9.17, 15) is 4.79 Å². The molecule has 25 heavy (non-hydrogen) atoms. The number of amides is 1. The Balaban J connectivity index is 1.68. The van der Waals surface area contributed by atoms with Crippen LogP contribution in [0.3, 0.4) is 0 Å². The normalized spacial score (nSPS) is 12.1. The minimum Gasteiger partial charge on any atom is -0.347 e. The highest BCUT2D eigenvalue weighted by Crippen LogP contribution is 2.27. The smallest absolute Gasteiger partial charge is 0.261 e. The zero-order valence-electron chi connectivity index (χ0n) is 13.1. The Bertz CT molecular complexity index is 863. The van der Waals surface area contributed by atoms with E-state index in [-0.39, 0.29) is 11.9 Å². The van der Waals surface area contributed by atoms with Crippen LogP contribution in [0.5, 0.6) is 0 Å². The number of aromatic amines is 1. The number of hydrogen-bond acceptors (Lipinski definition) is 4. The summed E-state index contributed by atoms with van der Waals surface area (Å²) in [5, 5.41) is 10.8. The summed E-state index contributed by atoms with van der Waals surface area (Å²) >= 11 is 13.5. The Morgan fingerprint density at radius 2 is 2.16 bits per heavy atom. The second-order valence-electron chi connectivity index (χ2n) is 5.50. The van der Waals surface area contributed by atoms with Gasteiger partial charge in [0.2, 0.25) is 0 Å². The van der Waals surface area contributed by atoms with Crippen molar-refractivity contribution in [1.82, 2.24) is 15.5 Å². The van der Waals surface area contributed by atoms with E-state index in [0.717, 1.165) is 16.0 Å². The van der Waals surface area contributed by atoms with Crippen molar-refractivity contribution >= 4 is 40.4 Å². The van der Waals surface area contributed by atoms with Crippen LogP contribution in [-0.4, -0.2) is 28.7 Å². The molecule has 0 fully saturated rings. The standard InChI is InChI=1S/C17H16Cl2N4OS/c18-12-2-1-10(14(19)6-12)5-13(7-20)23-17(24)16-4-3-15(25-16)11-8-21-22-9-11/h1-4,6,8-9,13H,5,7,20H2,(H,21,22)(H,23,24)/t13-/m0/s1. The molecule has 130 valence electrons. The number of aromatic nitrogens is 2. The monoisotopic (exact) mass is 394 g/mol. The predicted molar refractivity (Wildman–Crippen MR) is 102 cm³/mol. The molecule has 0 aliphatic heterocycles. The van der Waals surface area contributed by atoms with Gasteiger partial charge >= 0.3 is 0 Å². The third-order valence-corrected chi connectivity index (χ3v) is 5.43. The Morgan fingerprint density at radius 1 is 1.32 bits per heavy atom. The maximum absolute atomic E-state index is 12.5. The molecule has 0 aliphatic rings. The van der Waals surface area contributed by atoms with E-state index in [1.165, 1.54) is 11.3 Å². The molecule has 1 amide bonds. The lowest BCUT2D eigenvalue weighted by Gasteiger charge is -2.17. The Labute approximate surface area is 159 Å². The van der Waals surface area contributed by atoms with Crippen molar-refractivity contribution in [3.63, 3.8) is 0 Å². The Hall–Kier alpha value is -1.86. The number of thiophene rings is 1. The lowest BCUT2D eigenvalue weighted by atomic mass is 10.1. The molecule has 0 unspecified atom stereocenters. The molecule has 2 aromatic heterocycles. The molecule has 0 bridgehead atoms. The molecule has 4 N–H and O–H groups in total. The Morgan fingerprint density at radius 3 is 2.84 bits per heavy atom. The van der Waals surface area contributed by atoms with Crippen LogP contribution in [0.4, 0.5) is 0 Å². The molecule has 3 rings (SSSR count). The molecular formula is C17H16Cl2N4OS. The number of halogens is 2. The summed E-state index contributed by atoms with van der Waals surface area (Å²) in [5.74, 6) is -0.153. The topological polar surface area (TPSA) is 83.8 Å². The maximum Gasteiger partial charge on any atom is 0.261 e. The highest BCUT2D eigenvalue weighted by atomic mass is 35.5. The van der Waals surface area contributed by atoms with Crippen molar-refractivity contribution in [1.29, 1.82) is 0 Å². The fourth-order valence-electron chi connectivity index (χ4n) is 2.40. The predicted octanol–water partition coefficient (Wildman–Crippen LogP) is 3.74. The SMILES string of the molecule is NC[C@H](Cc1ccc(Cl)cc1Cl)NC(=O)c1ccc(-c2cn[nH]c2)s1. The first-order valence-corrected chi connectivity index (χ1v) is 9.18. The fraction of sp³-hybridized carbons (Fsp3) is 0.176. The third-order valence-electron chi connectivity index (χ3n) is 3.71. The van der Waals surface area contributed by atoms with Crippen LogP contribution >= 0.6 is 34.5 Å². The summed E-state index contributed by atoms with van der Waals surface area (Å²) in [6.07, 6.45) is 4.05. The van der Waals surface area contributed by atoms with Crippen LogP contribution in [0.15, 0.2) is 42.7 Å². The van der Waals surface area contributed by atoms with Gasteiger partial charge in [0.25, 0.3) is 5.91 Å². The van der Waals surface area contributed by atoms with Crippen molar-refractivity contribution in [2.45, 2.75) is 12.5 Å². The third kappa shape index (κ3) is 4.41. The van der Waals surface area contributed by atoms with Crippen LogP contribution in [0, 0.1) is 0 Å². The van der Waals surface area contributed by atoms with Gasteiger partial charge in [-0.05, 0) is 36.2 Å². The van der Waals surface area contributed by atoms with E-state index >= 15 is 0 Å². The number of carbonyl (C=O) groups excluding carboxylic acids is 1. The van der Waals surface area contributed by atoms with E-state index in [2.05, 4.69) is 15.5 Å². The highest BCUT2D eigenvalue weighted by Gasteiger charge is 2.16. The molecule has 8 heteroatoms. The number of nitrogens with two attached hydrogens (primary N) is 1. The summed E-state index contributed by atoms with van der Waals surface area (Å²) in [4.78, 5) is 14.1. The van der Waals surface area contributed by atoms with Gasteiger partial charge < -0.3 is 11.1 Å². The van der Waals surface area contributed by atoms with E-state index in [0.29, 0.717) is 27.9 Å². The zero-order chi connectivity index (χ0) is 17.8. The molecule has 0 aliphatic carbocycles. The number of rotatable bonds is 6. The summed E-state index contributed by atoms with van der Waals surface area (Å²) in [6, 6.07) is 8.79. The van der Waals surface area contributed by atoms with Gasteiger partial charge in [-0.1, -0.05) is 29.3 Å². The summed E-state index contributed by atoms with van der Waals surface area (Å²) in [5.41, 5.74) is 7.66. The van der Waals surface area contributed by atoms with Crippen LogP contribution in [0.1, 0.15) is 15.2 Å². The van der Waals surface area contributed by atoms with Crippen LogP contribution < -0.4 is 11.1 Å². The maximum atomic E-state index is 12.5. The average Bonchev–Trinajstić information content (AvgIpc) is 3.27. The van der Waals surface area contributed by atoms with Crippen molar-refractivity contribution in [3.05, 3.63) is 63.2 Å². The van der Waals surface area contributed by atoms with E-state index in [4.69, 9.17) is 28.9 Å². The fourth-order valence-corrected chi connectivity index (χ4v) is 3.78. The molecule has 2 heterocycles. The first-order chi connectivity index (χ1) is 12.1. The van der Waals surface area contributed by atoms with Gasteiger partial charge in [-0.3, -0.25) is 9.89 Å². The van der Waals surface area contributed by atoms with Crippen LogP contribution in [-0.2, 0) is 6.42 Å². The minimum atomic E-state index is -0.217. The number of nitrogens with zero attached hydrogens (tertiary/aromatic N) is 1. The molecule has 0 radical (unpaired) electrons. The van der Waals surface area contributed by atoms with Gasteiger partial charge in [-0.15, -0.1) is 11.3 Å². The largest absolute Gasteiger partial charge is 0.347 e. The van der Waals surface area contributed by atoms with Crippen LogP contribution in [0.25, 0.3) is 10.4 Å². The Kier molecular flexibility index (Phi) is 5.75. The second-order valence-corrected chi connectivity index (χ2v) is 7.42. The summed E-state index contributed by atoms with van der Waals surface area (Å²) in [6.45, 7) is 0.310. The van der Waals surface area contributed by atoms with Gasteiger partial charge in [0, 0.05) is 39.3 Å². The van der Waals surface area contributed by atoms with Crippen LogP contribution in [0.2, 0.25) is 10.0 Å². The molecular weight excluding hydrogens is 379 g/mol. The van der Waals surface area contributed by atoms with Crippen molar-refractivity contribution in [3.8, 4) is 10.4 Å². The molecule has 1 atom stereocenters. The lowest BCUT2D eigenvalue weighted by Crippen LogP contribution is -2.41. The minimum absolute atomic E-state index is 0.153. The molecule has 0 spiro atoms. The highest BCUT2D eigenvalue weighted by molar-refractivity contribution is 7.17. The first-order valence-electron chi connectivity index (χ1n) is 7.60. The number of hydrogen-bond donors (Lipinski definition) is 3. The number of benzene rings is 1. The van der Waals surface area contributed by atoms with Crippen molar-refractivity contribution in [2.75, 3.05) is 6.54 Å². The van der Waals surface area contributed by atoms with E-state index in [1.54, 1.807) is 30.6 Å². The zero-order valence-corrected chi connectivity index (χ0v) is 15.5.